The lowest BCUT2D eigenvalue weighted by Crippen LogP contribution is -2.30. The van der Waals surface area contributed by atoms with Gasteiger partial charge in [-0.3, -0.25) is 11.3 Å². The summed E-state index contributed by atoms with van der Waals surface area (Å²) in [5, 5.41) is 0. The molecule has 0 aromatic heterocycles. The summed E-state index contributed by atoms with van der Waals surface area (Å²) in [5.74, 6) is 5.59. The van der Waals surface area contributed by atoms with Gasteiger partial charge in [0.15, 0.2) is 11.6 Å². The molecule has 112 valence electrons. The highest BCUT2D eigenvalue weighted by molar-refractivity contribution is 7.98. The van der Waals surface area contributed by atoms with Gasteiger partial charge in [0, 0.05) is 4.90 Å². The first-order valence-corrected chi connectivity index (χ1v) is 7.83. The normalized spacial score (nSPS) is 12.2. The molecule has 0 amide bonds. The van der Waals surface area contributed by atoms with Crippen molar-refractivity contribution in [2.45, 2.75) is 17.4 Å². The molecule has 2 rings (SSSR count). The van der Waals surface area contributed by atoms with E-state index in [1.165, 1.54) is 13.2 Å². The predicted molar refractivity (Wildman–Crippen MR) is 84.9 cm³/mol. The number of methoxy groups -OCH3 is 1. The van der Waals surface area contributed by atoms with Crippen molar-refractivity contribution in [2.75, 3.05) is 13.4 Å². The van der Waals surface area contributed by atoms with E-state index in [1.54, 1.807) is 17.8 Å². The van der Waals surface area contributed by atoms with E-state index in [0.717, 1.165) is 16.0 Å². The molecule has 0 heterocycles. The van der Waals surface area contributed by atoms with Gasteiger partial charge in [0.05, 0.1) is 13.2 Å². The fourth-order valence-electron chi connectivity index (χ4n) is 2.29. The van der Waals surface area contributed by atoms with E-state index < -0.39 is 0 Å². The molecule has 0 saturated carbocycles. The molecule has 3 N–H and O–H groups in total. The number of hydrogen-bond donors (Lipinski definition) is 2. The summed E-state index contributed by atoms with van der Waals surface area (Å²) in [6, 6.07) is 13.0. The average molecular weight is 306 g/mol. The molecular weight excluding hydrogens is 287 g/mol. The van der Waals surface area contributed by atoms with Crippen LogP contribution in [0.15, 0.2) is 47.4 Å². The second kappa shape index (κ2) is 7.45. The fraction of sp³-hybridized carbons (Fsp3) is 0.250. The number of nitrogens with two attached hydrogens (primary N) is 1. The van der Waals surface area contributed by atoms with E-state index in [9.17, 15) is 4.39 Å². The van der Waals surface area contributed by atoms with Crippen LogP contribution in [0.5, 0.6) is 5.75 Å². The van der Waals surface area contributed by atoms with Crippen molar-refractivity contribution in [3.8, 4) is 5.75 Å². The van der Waals surface area contributed by atoms with Crippen molar-refractivity contribution in [1.29, 1.82) is 0 Å². The zero-order chi connectivity index (χ0) is 15.2. The van der Waals surface area contributed by atoms with Gasteiger partial charge in [-0.05, 0) is 42.0 Å². The highest BCUT2D eigenvalue weighted by atomic mass is 32.2. The van der Waals surface area contributed by atoms with E-state index in [2.05, 4.69) is 11.5 Å². The van der Waals surface area contributed by atoms with Gasteiger partial charge < -0.3 is 4.74 Å². The van der Waals surface area contributed by atoms with Crippen molar-refractivity contribution in [2.24, 2.45) is 5.84 Å². The molecule has 2 aromatic rings. The van der Waals surface area contributed by atoms with Crippen molar-refractivity contribution >= 4 is 11.8 Å². The van der Waals surface area contributed by atoms with Crippen molar-refractivity contribution in [3.63, 3.8) is 0 Å². The first-order valence-electron chi connectivity index (χ1n) is 6.61. The number of ether oxygens (including phenoxy) is 1. The number of benzene rings is 2. The smallest absolute Gasteiger partial charge is 0.165 e. The SMILES string of the molecule is COc1ccc(CC(NN)c2ccccc2SC)cc1F. The van der Waals surface area contributed by atoms with Gasteiger partial charge in [0.2, 0.25) is 0 Å². The Labute approximate surface area is 128 Å². The van der Waals surface area contributed by atoms with Crippen LogP contribution >= 0.6 is 11.8 Å². The van der Waals surface area contributed by atoms with Gasteiger partial charge in [0.1, 0.15) is 0 Å². The molecule has 1 unspecified atom stereocenters. The van der Waals surface area contributed by atoms with Crippen molar-refractivity contribution < 1.29 is 9.13 Å². The minimum atomic E-state index is -0.357. The first kappa shape index (κ1) is 15.8. The van der Waals surface area contributed by atoms with Crippen LogP contribution in [0, 0.1) is 5.82 Å². The van der Waals surface area contributed by atoms with Crippen LogP contribution in [0.25, 0.3) is 0 Å². The maximum atomic E-state index is 13.8. The summed E-state index contributed by atoms with van der Waals surface area (Å²) in [6.45, 7) is 0. The first-order chi connectivity index (χ1) is 10.2. The van der Waals surface area contributed by atoms with Gasteiger partial charge in [-0.25, -0.2) is 4.39 Å². The Kier molecular flexibility index (Phi) is 5.61. The topological polar surface area (TPSA) is 47.3 Å². The maximum Gasteiger partial charge on any atom is 0.165 e. The lowest BCUT2D eigenvalue weighted by atomic mass is 9.99. The molecule has 0 radical (unpaired) electrons. The second-order valence-electron chi connectivity index (χ2n) is 4.63. The zero-order valence-corrected chi connectivity index (χ0v) is 12.9. The molecule has 21 heavy (non-hydrogen) atoms. The molecule has 0 saturated heterocycles. The van der Waals surface area contributed by atoms with Crippen molar-refractivity contribution in [1.82, 2.24) is 5.43 Å². The van der Waals surface area contributed by atoms with Gasteiger partial charge in [-0.2, -0.15) is 0 Å². The van der Waals surface area contributed by atoms with Gasteiger partial charge >= 0.3 is 0 Å². The molecule has 5 heteroatoms. The van der Waals surface area contributed by atoms with Gasteiger partial charge in [0.25, 0.3) is 0 Å². The number of nitrogens with one attached hydrogen (secondary N) is 1. The van der Waals surface area contributed by atoms with Crippen LogP contribution in [0.3, 0.4) is 0 Å². The number of hydrazine groups is 1. The van der Waals surface area contributed by atoms with Crippen LogP contribution < -0.4 is 16.0 Å². The number of hydrogen-bond acceptors (Lipinski definition) is 4. The predicted octanol–water partition coefficient (Wildman–Crippen LogP) is 3.30. The maximum absolute atomic E-state index is 13.8. The third-order valence-electron chi connectivity index (χ3n) is 3.37. The van der Waals surface area contributed by atoms with Gasteiger partial charge in [-0.15, -0.1) is 11.8 Å². The number of thioether (sulfide) groups is 1. The molecule has 0 aliphatic carbocycles. The van der Waals surface area contributed by atoms with Crippen LogP contribution in [0.1, 0.15) is 17.2 Å². The summed E-state index contributed by atoms with van der Waals surface area (Å²) in [4.78, 5) is 1.16. The summed E-state index contributed by atoms with van der Waals surface area (Å²) in [6.07, 6.45) is 2.63. The minimum Gasteiger partial charge on any atom is -0.494 e. The molecule has 3 nitrogen and oxygen atoms in total. The monoisotopic (exact) mass is 306 g/mol. The second-order valence-corrected chi connectivity index (χ2v) is 5.48. The Hall–Kier alpha value is -1.56. The Morgan fingerprint density at radius 2 is 2.05 bits per heavy atom. The van der Waals surface area contributed by atoms with E-state index >= 15 is 0 Å². The largest absolute Gasteiger partial charge is 0.494 e. The fourth-order valence-corrected chi connectivity index (χ4v) is 2.95. The van der Waals surface area contributed by atoms with Crippen LogP contribution in [0.2, 0.25) is 0 Å². The highest BCUT2D eigenvalue weighted by Crippen LogP contribution is 2.28. The quantitative estimate of drug-likeness (QED) is 0.488. The van der Waals surface area contributed by atoms with E-state index in [0.29, 0.717) is 6.42 Å². The Morgan fingerprint density at radius 1 is 1.29 bits per heavy atom. The zero-order valence-electron chi connectivity index (χ0n) is 12.1. The molecule has 0 bridgehead atoms. The third-order valence-corrected chi connectivity index (χ3v) is 4.18. The molecule has 2 aromatic carbocycles. The lowest BCUT2D eigenvalue weighted by Gasteiger charge is -2.19. The number of halogens is 1. The standard InChI is InChI=1S/C16H19FN2OS/c1-20-15-8-7-11(9-13(15)17)10-14(19-18)12-5-3-4-6-16(12)21-2/h3-9,14,19H,10,18H2,1-2H3. The minimum absolute atomic E-state index is 0.0681. The third kappa shape index (κ3) is 3.75. The van der Waals surface area contributed by atoms with E-state index in [4.69, 9.17) is 10.6 Å². The summed E-state index contributed by atoms with van der Waals surface area (Å²) in [7, 11) is 1.46. The molecule has 1 atom stereocenters. The highest BCUT2D eigenvalue weighted by Gasteiger charge is 2.15. The van der Waals surface area contributed by atoms with E-state index in [1.807, 2.05) is 30.5 Å². The molecule has 0 fully saturated rings. The summed E-state index contributed by atoms with van der Waals surface area (Å²) >= 11 is 1.67. The van der Waals surface area contributed by atoms with E-state index in [-0.39, 0.29) is 17.6 Å². The van der Waals surface area contributed by atoms with Gasteiger partial charge in [-0.1, -0.05) is 24.3 Å². The molecular formula is C16H19FN2OS. The number of rotatable bonds is 6. The van der Waals surface area contributed by atoms with Crippen molar-refractivity contribution in [3.05, 3.63) is 59.4 Å². The Balaban J connectivity index is 2.25. The van der Waals surface area contributed by atoms with Crippen LogP contribution in [-0.2, 0) is 6.42 Å². The summed E-state index contributed by atoms with van der Waals surface area (Å²) in [5.41, 5.74) is 4.80. The van der Waals surface area contributed by atoms with Crippen LogP contribution in [0.4, 0.5) is 4.39 Å². The molecule has 0 spiro atoms. The van der Waals surface area contributed by atoms with Crippen LogP contribution in [-0.4, -0.2) is 13.4 Å². The average Bonchev–Trinajstić information content (AvgIpc) is 2.52. The summed E-state index contributed by atoms with van der Waals surface area (Å²) < 4.78 is 18.7. The lowest BCUT2D eigenvalue weighted by molar-refractivity contribution is 0.386. The molecule has 0 aliphatic heterocycles. The Bertz CT molecular complexity index is 607. The molecule has 0 aliphatic rings. The Morgan fingerprint density at radius 3 is 2.67 bits per heavy atom.